The second-order valence-electron chi connectivity index (χ2n) is 7.03. The lowest BCUT2D eigenvalue weighted by atomic mass is 10.0. The van der Waals surface area contributed by atoms with E-state index in [1.807, 2.05) is 12.1 Å². The van der Waals surface area contributed by atoms with E-state index in [1.54, 1.807) is 11.0 Å². The zero-order chi connectivity index (χ0) is 18.7. The predicted molar refractivity (Wildman–Crippen MR) is 95.3 cm³/mol. The third kappa shape index (κ3) is 3.84. The molecule has 0 saturated carbocycles. The minimum atomic E-state index is -0.591. The maximum Gasteiger partial charge on any atom is 0.255 e. The number of hydrogen-bond donors (Lipinski definition) is 1. The molecule has 2 aliphatic rings. The second kappa shape index (κ2) is 7.81. The Morgan fingerprint density at radius 3 is 2.77 bits per heavy atom. The molecule has 1 unspecified atom stereocenters. The molecule has 6 heteroatoms. The molecule has 0 spiro atoms. The summed E-state index contributed by atoms with van der Waals surface area (Å²) in [7, 11) is 0. The number of amides is 3. The van der Waals surface area contributed by atoms with Gasteiger partial charge in [0.2, 0.25) is 11.8 Å². The van der Waals surface area contributed by atoms with Gasteiger partial charge in [-0.3, -0.25) is 24.5 Å². The number of Topliss-reactive ketones (excluding diaryl/α,β-unsaturated/α-hetero) is 1. The number of unbranched alkanes of at least 4 members (excludes halogenated alkanes) is 1. The molecule has 0 bridgehead atoms. The van der Waals surface area contributed by atoms with Gasteiger partial charge in [0, 0.05) is 31.4 Å². The number of carbonyl (C=O) groups excluding carboxylic acids is 4. The number of nitrogens with one attached hydrogen (secondary N) is 1. The largest absolute Gasteiger partial charge is 0.322 e. The number of rotatable bonds is 7. The predicted octanol–water partition coefficient (Wildman–Crippen LogP) is 2.14. The van der Waals surface area contributed by atoms with Crippen molar-refractivity contribution in [1.29, 1.82) is 0 Å². The minimum absolute atomic E-state index is 0.167. The summed E-state index contributed by atoms with van der Waals surface area (Å²) in [5, 5.41) is 2.31. The number of piperidine rings is 1. The van der Waals surface area contributed by atoms with Crippen molar-refractivity contribution in [2.75, 3.05) is 0 Å². The monoisotopic (exact) mass is 356 g/mol. The molecule has 2 heterocycles. The molecule has 26 heavy (non-hydrogen) atoms. The smallest absolute Gasteiger partial charge is 0.255 e. The van der Waals surface area contributed by atoms with Gasteiger partial charge in [-0.2, -0.15) is 0 Å². The number of carbonyl (C=O) groups is 4. The van der Waals surface area contributed by atoms with Crippen LogP contribution in [0.15, 0.2) is 18.2 Å². The molecule has 1 saturated heterocycles. The van der Waals surface area contributed by atoms with E-state index in [1.165, 1.54) is 0 Å². The Morgan fingerprint density at radius 1 is 1.23 bits per heavy atom. The van der Waals surface area contributed by atoms with Crippen LogP contribution in [0.25, 0.3) is 0 Å². The summed E-state index contributed by atoms with van der Waals surface area (Å²) in [6, 6.07) is 5.05. The standard InChI is InChI=1S/C20H24N2O4/c1-2-3-4-15(23)7-5-13-6-8-16-14(11-13)12-22(20(16)26)17-9-10-18(24)21-19(17)25/h6,8,11,17H,2-5,7,9-10,12H2,1H3,(H,21,24,25). The van der Waals surface area contributed by atoms with E-state index in [2.05, 4.69) is 12.2 Å². The Morgan fingerprint density at radius 2 is 2.04 bits per heavy atom. The number of nitrogens with zero attached hydrogens (tertiary/aromatic N) is 1. The van der Waals surface area contributed by atoms with Crippen LogP contribution in [0.5, 0.6) is 0 Å². The van der Waals surface area contributed by atoms with Gasteiger partial charge >= 0.3 is 0 Å². The molecule has 1 atom stereocenters. The molecule has 1 N–H and O–H groups in total. The summed E-state index contributed by atoms with van der Waals surface area (Å²) in [6.07, 6.45) is 4.38. The van der Waals surface area contributed by atoms with Crippen molar-refractivity contribution in [3.63, 3.8) is 0 Å². The van der Waals surface area contributed by atoms with Crippen molar-refractivity contribution in [3.8, 4) is 0 Å². The normalized spacial score (nSPS) is 19.5. The number of ketones is 1. The summed E-state index contributed by atoms with van der Waals surface area (Å²) < 4.78 is 0. The lowest BCUT2D eigenvalue weighted by Gasteiger charge is -2.29. The van der Waals surface area contributed by atoms with Crippen molar-refractivity contribution in [1.82, 2.24) is 10.2 Å². The molecule has 3 amide bonds. The SMILES string of the molecule is CCCCC(=O)CCc1ccc2c(c1)CN(C1CCC(=O)NC1=O)C2=O. The fourth-order valence-corrected chi connectivity index (χ4v) is 3.57. The van der Waals surface area contributed by atoms with E-state index in [4.69, 9.17) is 0 Å². The number of aryl methyl sites for hydroxylation is 1. The Kier molecular flexibility index (Phi) is 5.49. The highest BCUT2D eigenvalue weighted by Gasteiger charge is 2.38. The van der Waals surface area contributed by atoms with Gasteiger partial charge in [0.25, 0.3) is 5.91 Å². The lowest BCUT2D eigenvalue weighted by molar-refractivity contribution is -0.137. The van der Waals surface area contributed by atoms with Gasteiger partial charge in [-0.1, -0.05) is 25.5 Å². The molecular weight excluding hydrogens is 332 g/mol. The van der Waals surface area contributed by atoms with Crippen molar-refractivity contribution in [2.45, 2.75) is 64.5 Å². The number of imide groups is 1. The molecule has 0 aromatic heterocycles. The van der Waals surface area contributed by atoms with Gasteiger partial charge in [0.05, 0.1) is 0 Å². The second-order valence-corrected chi connectivity index (χ2v) is 7.03. The lowest BCUT2D eigenvalue weighted by Crippen LogP contribution is -2.52. The Hall–Kier alpha value is -2.50. The number of fused-ring (bicyclic) bond motifs is 1. The molecule has 2 aliphatic heterocycles. The Labute approximate surface area is 152 Å². The van der Waals surface area contributed by atoms with Gasteiger partial charge in [-0.15, -0.1) is 0 Å². The van der Waals surface area contributed by atoms with E-state index in [0.717, 1.165) is 24.0 Å². The maximum absolute atomic E-state index is 12.6. The Balaban J connectivity index is 1.65. The first-order valence-corrected chi connectivity index (χ1v) is 9.27. The number of hydrogen-bond acceptors (Lipinski definition) is 4. The van der Waals surface area contributed by atoms with E-state index in [-0.39, 0.29) is 24.0 Å². The van der Waals surface area contributed by atoms with Crippen LogP contribution in [0.3, 0.4) is 0 Å². The third-order valence-corrected chi connectivity index (χ3v) is 5.09. The molecule has 6 nitrogen and oxygen atoms in total. The molecule has 0 radical (unpaired) electrons. The van der Waals surface area contributed by atoms with Crippen molar-refractivity contribution < 1.29 is 19.2 Å². The Bertz CT molecular complexity index is 756. The first kappa shape index (κ1) is 18.3. The van der Waals surface area contributed by atoms with Crippen molar-refractivity contribution >= 4 is 23.5 Å². The first-order valence-electron chi connectivity index (χ1n) is 9.27. The summed E-state index contributed by atoms with van der Waals surface area (Å²) >= 11 is 0. The van der Waals surface area contributed by atoms with Crippen LogP contribution in [0, 0.1) is 0 Å². The molecular formula is C20H24N2O4. The molecule has 3 rings (SSSR count). The highest BCUT2D eigenvalue weighted by Crippen LogP contribution is 2.28. The van der Waals surface area contributed by atoms with Crippen molar-refractivity contribution in [3.05, 3.63) is 34.9 Å². The highest BCUT2D eigenvalue weighted by molar-refractivity contribution is 6.05. The van der Waals surface area contributed by atoms with Gasteiger partial charge in [0.1, 0.15) is 11.8 Å². The van der Waals surface area contributed by atoms with Gasteiger partial charge in [-0.25, -0.2) is 0 Å². The average Bonchev–Trinajstić information content (AvgIpc) is 2.94. The molecule has 0 aliphatic carbocycles. The van der Waals surface area contributed by atoms with Crippen molar-refractivity contribution in [2.24, 2.45) is 0 Å². The minimum Gasteiger partial charge on any atom is -0.322 e. The molecule has 138 valence electrons. The molecule has 1 aromatic rings. The van der Waals surface area contributed by atoms with E-state index < -0.39 is 11.9 Å². The fourth-order valence-electron chi connectivity index (χ4n) is 3.57. The first-order chi connectivity index (χ1) is 12.5. The zero-order valence-electron chi connectivity index (χ0n) is 15.0. The molecule has 1 fully saturated rings. The van der Waals surface area contributed by atoms with Gasteiger partial charge < -0.3 is 4.90 Å². The molecule has 1 aromatic carbocycles. The average molecular weight is 356 g/mol. The quantitative estimate of drug-likeness (QED) is 0.759. The zero-order valence-corrected chi connectivity index (χ0v) is 15.0. The van der Waals surface area contributed by atoms with E-state index in [9.17, 15) is 19.2 Å². The van der Waals surface area contributed by atoms with Crippen LogP contribution in [-0.2, 0) is 27.3 Å². The topological polar surface area (TPSA) is 83.6 Å². The highest BCUT2D eigenvalue weighted by atomic mass is 16.2. The van der Waals surface area contributed by atoms with Crippen LogP contribution in [0.4, 0.5) is 0 Å². The summed E-state index contributed by atoms with van der Waals surface area (Å²) in [6.45, 7) is 2.44. The van der Waals surface area contributed by atoms with Crippen LogP contribution >= 0.6 is 0 Å². The van der Waals surface area contributed by atoms with E-state index >= 15 is 0 Å². The van der Waals surface area contributed by atoms with Crippen LogP contribution < -0.4 is 5.32 Å². The van der Waals surface area contributed by atoms with Crippen LogP contribution in [0.2, 0.25) is 0 Å². The summed E-state index contributed by atoms with van der Waals surface area (Å²) in [5.41, 5.74) is 2.53. The fraction of sp³-hybridized carbons (Fsp3) is 0.500. The van der Waals surface area contributed by atoms with Crippen LogP contribution in [-0.4, -0.2) is 34.4 Å². The number of benzene rings is 1. The van der Waals surface area contributed by atoms with E-state index in [0.29, 0.717) is 37.8 Å². The summed E-state index contributed by atoms with van der Waals surface area (Å²) in [4.78, 5) is 49.4. The van der Waals surface area contributed by atoms with Crippen LogP contribution in [0.1, 0.15) is 66.9 Å². The maximum atomic E-state index is 12.6. The van der Waals surface area contributed by atoms with Gasteiger partial charge in [0.15, 0.2) is 0 Å². The van der Waals surface area contributed by atoms with Gasteiger partial charge in [-0.05, 0) is 36.5 Å². The third-order valence-electron chi connectivity index (χ3n) is 5.09. The summed E-state index contributed by atoms with van der Waals surface area (Å²) in [5.74, 6) is -0.580.